The lowest BCUT2D eigenvalue weighted by atomic mass is 10.1. The van der Waals surface area contributed by atoms with Crippen molar-refractivity contribution < 1.29 is 4.74 Å². The second kappa shape index (κ2) is 2.32. The van der Waals surface area contributed by atoms with Crippen molar-refractivity contribution >= 4 is 17.4 Å². The molecule has 0 amide bonds. The number of H-pyrrole nitrogens is 1. The summed E-state index contributed by atoms with van der Waals surface area (Å²) in [6.07, 6.45) is 5.85. The Hall–Kier alpha value is -1.84. The predicted octanol–water partition coefficient (Wildman–Crippen LogP) is 1.54. The van der Waals surface area contributed by atoms with Gasteiger partial charge in [-0.15, -0.1) is 0 Å². The largest absolute Gasteiger partial charge is 0.444 e. The van der Waals surface area contributed by atoms with Gasteiger partial charge in [0.25, 0.3) is 0 Å². The van der Waals surface area contributed by atoms with Gasteiger partial charge in [0.2, 0.25) is 5.90 Å². The molecule has 0 bridgehead atoms. The van der Waals surface area contributed by atoms with Gasteiger partial charge in [-0.25, -0.2) is 0 Å². The maximum atomic E-state index is 5.23. The minimum atomic E-state index is 0.609. The molecule has 4 nitrogen and oxygen atoms in total. The highest BCUT2D eigenvalue weighted by Crippen LogP contribution is 2.24. The molecule has 0 spiro atoms. The van der Waals surface area contributed by atoms with E-state index in [1.54, 1.807) is 6.20 Å². The number of aliphatic imine (C=N–C) groups is 2. The number of nitrogens with zero attached hydrogens (tertiary/aromatic N) is 2. The lowest BCUT2D eigenvalue weighted by molar-refractivity contribution is 0.474. The summed E-state index contributed by atoms with van der Waals surface area (Å²) < 4.78 is 5.23. The Morgan fingerprint density at radius 2 is 2.46 bits per heavy atom. The molecule has 1 aromatic rings. The van der Waals surface area contributed by atoms with E-state index in [0.29, 0.717) is 5.90 Å². The fourth-order valence-electron chi connectivity index (χ4n) is 1.47. The number of rotatable bonds is 0. The van der Waals surface area contributed by atoms with Crippen molar-refractivity contribution in [2.24, 2.45) is 9.98 Å². The van der Waals surface area contributed by atoms with Crippen LogP contribution in [-0.4, -0.2) is 16.6 Å². The van der Waals surface area contributed by atoms with Crippen molar-refractivity contribution in [3.63, 3.8) is 0 Å². The highest BCUT2D eigenvalue weighted by molar-refractivity contribution is 6.41. The van der Waals surface area contributed by atoms with E-state index < -0.39 is 0 Å². The number of ether oxygens (including phenoxy) is 1. The van der Waals surface area contributed by atoms with E-state index in [2.05, 4.69) is 15.0 Å². The molecule has 0 aliphatic carbocycles. The number of aromatic nitrogens is 1. The Morgan fingerprint density at radius 3 is 3.46 bits per heavy atom. The molecular weight excluding hydrogens is 166 g/mol. The standard InChI is InChI=1S/C9H7N3O/c1-2-11-8-6(1)5-7-9(12-8)13-4-3-10-7/h1-4,11H,5H2. The van der Waals surface area contributed by atoms with Crippen molar-refractivity contribution in [1.29, 1.82) is 0 Å². The molecular formula is C9H7N3O. The summed E-state index contributed by atoms with van der Waals surface area (Å²) in [5.74, 6) is 1.49. The molecule has 0 radical (unpaired) electrons. The first-order valence-electron chi connectivity index (χ1n) is 4.07. The molecule has 1 aromatic heterocycles. The van der Waals surface area contributed by atoms with Crippen LogP contribution >= 0.6 is 0 Å². The van der Waals surface area contributed by atoms with Crippen LogP contribution in [0.1, 0.15) is 5.56 Å². The molecule has 0 unspecified atom stereocenters. The Morgan fingerprint density at radius 1 is 1.46 bits per heavy atom. The van der Waals surface area contributed by atoms with E-state index in [4.69, 9.17) is 4.74 Å². The normalized spacial score (nSPS) is 18.2. The summed E-state index contributed by atoms with van der Waals surface area (Å²) in [7, 11) is 0. The van der Waals surface area contributed by atoms with Crippen LogP contribution in [0.4, 0.5) is 5.82 Å². The van der Waals surface area contributed by atoms with E-state index in [9.17, 15) is 0 Å². The third-order valence-corrected chi connectivity index (χ3v) is 2.10. The molecule has 2 aliphatic rings. The molecule has 0 atom stereocenters. The Bertz CT molecular complexity index is 439. The third kappa shape index (κ3) is 0.917. The lowest BCUT2D eigenvalue weighted by Crippen LogP contribution is -2.22. The van der Waals surface area contributed by atoms with Gasteiger partial charge >= 0.3 is 0 Å². The summed E-state index contributed by atoms with van der Waals surface area (Å²) >= 11 is 0. The average molecular weight is 173 g/mol. The molecule has 3 rings (SSSR count). The molecule has 64 valence electrons. The highest BCUT2D eigenvalue weighted by atomic mass is 16.5. The van der Waals surface area contributed by atoms with Gasteiger partial charge in [0.05, 0.1) is 6.20 Å². The molecule has 0 saturated carbocycles. The van der Waals surface area contributed by atoms with Crippen LogP contribution in [0.2, 0.25) is 0 Å². The van der Waals surface area contributed by atoms with E-state index in [1.165, 1.54) is 11.8 Å². The third-order valence-electron chi connectivity index (χ3n) is 2.10. The quantitative estimate of drug-likeness (QED) is 0.635. The number of fused-ring (bicyclic) bond motifs is 2. The van der Waals surface area contributed by atoms with Crippen LogP contribution in [0.25, 0.3) is 0 Å². The van der Waals surface area contributed by atoms with Crippen LogP contribution in [0.15, 0.2) is 34.7 Å². The number of nitrogens with one attached hydrogen (secondary N) is 1. The Labute approximate surface area is 74.7 Å². The zero-order valence-electron chi connectivity index (χ0n) is 6.82. The van der Waals surface area contributed by atoms with E-state index in [0.717, 1.165) is 18.0 Å². The van der Waals surface area contributed by atoms with Crippen molar-refractivity contribution in [3.05, 3.63) is 30.3 Å². The monoisotopic (exact) mass is 173 g/mol. The average Bonchev–Trinajstić information content (AvgIpc) is 2.61. The zero-order chi connectivity index (χ0) is 8.67. The number of hydrogen-bond acceptors (Lipinski definition) is 3. The van der Waals surface area contributed by atoms with Crippen LogP contribution in [0.5, 0.6) is 0 Å². The van der Waals surface area contributed by atoms with Gasteiger partial charge in [-0.2, -0.15) is 4.99 Å². The fraction of sp³-hybridized carbons (Fsp3) is 0.111. The fourth-order valence-corrected chi connectivity index (χ4v) is 1.47. The van der Waals surface area contributed by atoms with Gasteiger partial charge in [0, 0.05) is 18.2 Å². The van der Waals surface area contributed by atoms with Crippen molar-refractivity contribution in [2.75, 3.05) is 0 Å². The lowest BCUT2D eigenvalue weighted by Gasteiger charge is -2.15. The van der Waals surface area contributed by atoms with Gasteiger partial charge < -0.3 is 9.72 Å². The van der Waals surface area contributed by atoms with Crippen molar-refractivity contribution in [3.8, 4) is 0 Å². The van der Waals surface area contributed by atoms with E-state index >= 15 is 0 Å². The summed E-state index contributed by atoms with van der Waals surface area (Å²) in [5, 5.41) is 0. The number of hydrogen-bond donors (Lipinski definition) is 1. The summed E-state index contributed by atoms with van der Waals surface area (Å²) in [6.45, 7) is 0. The minimum absolute atomic E-state index is 0.609. The smallest absolute Gasteiger partial charge is 0.242 e. The van der Waals surface area contributed by atoms with Crippen LogP contribution in [0.3, 0.4) is 0 Å². The van der Waals surface area contributed by atoms with Gasteiger partial charge in [-0.05, 0) is 6.07 Å². The molecule has 0 saturated heterocycles. The minimum Gasteiger partial charge on any atom is -0.444 e. The van der Waals surface area contributed by atoms with Gasteiger partial charge in [0.1, 0.15) is 17.8 Å². The Balaban J connectivity index is 2.15. The molecule has 0 aromatic carbocycles. The summed E-state index contributed by atoms with van der Waals surface area (Å²) in [4.78, 5) is 11.5. The SMILES string of the molecule is C1=COC2=Nc3[nH]ccc3CC2=N1. The van der Waals surface area contributed by atoms with Crippen LogP contribution < -0.4 is 0 Å². The maximum Gasteiger partial charge on any atom is 0.242 e. The van der Waals surface area contributed by atoms with Crippen LogP contribution in [0, 0.1) is 0 Å². The van der Waals surface area contributed by atoms with Gasteiger partial charge in [0.15, 0.2) is 0 Å². The van der Waals surface area contributed by atoms with E-state index in [-0.39, 0.29) is 0 Å². The summed E-state index contributed by atoms with van der Waals surface area (Å²) in [5.41, 5.74) is 2.07. The summed E-state index contributed by atoms with van der Waals surface area (Å²) in [6, 6.07) is 2.01. The first-order chi connectivity index (χ1) is 6.43. The number of aromatic amines is 1. The first-order valence-corrected chi connectivity index (χ1v) is 4.07. The Kier molecular flexibility index (Phi) is 1.19. The zero-order valence-corrected chi connectivity index (χ0v) is 6.82. The highest BCUT2D eigenvalue weighted by Gasteiger charge is 2.21. The molecule has 1 N–H and O–H groups in total. The molecule has 13 heavy (non-hydrogen) atoms. The van der Waals surface area contributed by atoms with Crippen LogP contribution in [-0.2, 0) is 11.2 Å². The molecule has 2 aliphatic heterocycles. The van der Waals surface area contributed by atoms with E-state index in [1.807, 2.05) is 12.3 Å². The van der Waals surface area contributed by atoms with Gasteiger partial charge in [-0.3, -0.25) is 4.99 Å². The molecule has 4 heteroatoms. The van der Waals surface area contributed by atoms with Crippen molar-refractivity contribution in [2.45, 2.75) is 6.42 Å². The second-order valence-corrected chi connectivity index (χ2v) is 2.92. The molecule has 3 heterocycles. The predicted molar refractivity (Wildman–Crippen MR) is 49.3 cm³/mol. The second-order valence-electron chi connectivity index (χ2n) is 2.92. The topological polar surface area (TPSA) is 49.7 Å². The first kappa shape index (κ1) is 6.65. The van der Waals surface area contributed by atoms with Crippen molar-refractivity contribution in [1.82, 2.24) is 4.98 Å². The molecule has 0 fully saturated rings. The maximum absolute atomic E-state index is 5.23. The van der Waals surface area contributed by atoms with Gasteiger partial charge in [-0.1, -0.05) is 0 Å².